The molecule has 0 atom stereocenters. The van der Waals surface area contributed by atoms with E-state index in [9.17, 15) is 0 Å². The van der Waals surface area contributed by atoms with Gasteiger partial charge in [-0.2, -0.15) is 0 Å². The first-order chi connectivity index (χ1) is 10.2. The van der Waals surface area contributed by atoms with Crippen molar-refractivity contribution in [3.05, 3.63) is 71.8 Å². The largest absolute Gasteiger partial charge is 0.231 e. The van der Waals surface area contributed by atoms with Crippen molar-refractivity contribution in [2.75, 3.05) is 0 Å². The summed E-state index contributed by atoms with van der Waals surface area (Å²) < 4.78 is 0. The molecule has 0 saturated heterocycles. The zero-order valence-corrected chi connectivity index (χ0v) is 11.9. The van der Waals surface area contributed by atoms with Gasteiger partial charge in [0.05, 0.1) is 0 Å². The van der Waals surface area contributed by atoms with Gasteiger partial charge in [0.25, 0.3) is 0 Å². The fourth-order valence-corrected chi connectivity index (χ4v) is 2.03. The maximum absolute atomic E-state index is 8.35. The van der Waals surface area contributed by atoms with E-state index in [-0.39, 0.29) is 0 Å². The average Bonchev–Trinajstić information content (AvgIpc) is 2.52. The molecule has 0 aliphatic heterocycles. The second kappa shape index (κ2) is 12.2. The van der Waals surface area contributed by atoms with Crippen LogP contribution >= 0.6 is 0 Å². The first-order valence-electron chi connectivity index (χ1n) is 6.42. The van der Waals surface area contributed by atoms with Crippen LogP contribution in [-0.4, -0.2) is 12.2 Å². The molecule has 2 rings (SSSR count). The van der Waals surface area contributed by atoms with Crippen LogP contribution in [0, 0.1) is 10.8 Å². The van der Waals surface area contributed by atoms with E-state index in [1.54, 1.807) is 0 Å². The zero-order valence-electron chi connectivity index (χ0n) is 11.9. The number of isocyanates is 2. The number of benzene rings is 2. The van der Waals surface area contributed by atoms with Gasteiger partial charge in [0.15, 0.2) is 0 Å². The molecule has 2 N–H and O–H groups in total. The molecule has 4 heteroatoms. The summed E-state index contributed by atoms with van der Waals surface area (Å²) in [6, 6.07) is 21.4. The van der Waals surface area contributed by atoms with Gasteiger partial charge in [-0.25, -0.2) is 20.4 Å². The highest BCUT2D eigenvalue weighted by atomic mass is 16.1. The molecule has 4 nitrogen and oxygen atoms in total. The monoisotopic (exact) mass is 282 g/mol. The summed E-state index contributed by atoms with van der Waals surface area (Å²) >= 11 is 0. The minimum atomic E-state index is 0.535. The predicted octanol–water partition coefficient (Wildman–Crippen LogP) is 4.03. The Kier molecular flexibility index (Phi) is 10.6. The van der Waals surface area contributed by atoms with E-state index in [0.717, 1.165) is 18.6 Å². The topological polar surface area (TPSA) is 81.8 Å². The van der Waals surface area contributed by atoms with Crippen LogP contribution in [0.15, 0.2) is 60.7 Å². The van der Waals surface area contributed by atoms with Crippen molar-refractivity contribution >= 4 is 12.2 Å². The maximum atomic E-state index is 8.35. The van der Waals surface area contributed by atoms with Crippen LogP contribution in [0.3, 0.4) is 0 Å². The molecule has 0 unspecified atom stereocenters. The molecule has 0 heterocycles. The van der Waals surface area contributed by atoms with Crippen molar-refractivity contribution in [1.82, 2.24) is 0 Å². The molecule has 0 saturated carbocycles. The van der Waals surface area contributed by atoms with Gasteiger partial charge in [-0.1, -0.05) is 67.6 Å². The van der Waals surface area contributed by atoms with Crippen LogP contribution in [0.5, 0.6) is 0 Å². The first-order valence-corrected chi connectivity index (χ1v) is 6.42. The summed E-state index contributed by atoms with van der Waals surface area (Å²) in [4.78, 5) is 16.7. The molecule has 0 aliphatic rings. The molecular formula is C17H18N2O2. The molecule has 0 bridgehead atoms. The van der Waals surface area contributed by atoms with Crippen molar-refractivity contribution in [2.45, 2.75) is 19.3 Å². The van der Waals surface area contributed by atoms with Gasteiger partial charge in [-0.3, -0.25) is 0 Å². The molecule has 0 spiro atoms. The van der Waals surface area contributed by atoms with Crippen LogP contribution < -0.4 is 0 Å². The Hall–Kier alpha value is -2.80. The van der Waals surface area contributed by atoms with Crippen molar-refractivity contribution in [2.24, 2.45) is 0 Å². The maximum Gasteiger partial charge on any atom is 0.231 e. The standard InChI is InChI=1S/C15H16.2CHNO/c1-2-15(13-9-5-3-6-10-13)14-11-7-4-8-12-14;2*2-1-3/h3-12,15H,2H2,1H3;2*2H. The lowest BCUT2D eigenvalue weighted by Crippen LogP contribution is -1.98. The van der Waals surface area contributed by atoms with E-state index in [1.807, 2.05) is 0 Å². The van der Waals surface area contributed by atoms with Gasteiger partial charge in [0, 0.05) is 5.92 Å². The van der Waals surface area contributed by atoms with Gasteiger partial charge in [-0.15, -0.1) is 0 Å². The average molecular weight is 282 g/mol. The van der Waals surface area contributed by atoms with Gasteiger partial charge >= 0.3 is 0 Å². The molecule has 2 aromatic rings. The highest BCUT2D eigenvalue weighted by molar-refractivity contribution is 5.31. The Labute approximate surface area is 124 Å². The number of rotatable bonds is 3. The van der Waals surface area contributed by atoms with Crippen molar-refractivity contribution in [3.63, 3.8) is 0 Å². The van der Waals surface area contributed by atoms with Gasteiger partial charge in [0.2, 0.25) is 12.2 Å². The lowest BCUT2D eigenvalue weighted by molar-refractivity contribution is 0.562. The highest BCUT2D eigenvalue weighted by Crippen LogP contribution is 2.26. The van der Waals surface area contributed by atoms with E-state index in [0.29, 0.717) is 5.92 Å². The van der Waals surface area contributed by atoms with Gasteiger partial charge < -0.3 is 0 Å². The van der Waals surface area contributed by atoms with Crippen molar-refractivity contribution in [1.29, 1.82) is 10.8 Å². The molecule has 0 fully saturated rings. The number of nitrogens with one attached hydrogen (secondary N) is 2. The molecule has 2 aromatic carbocycles. The van der Waals surface area contributed by atoms with Gasteiger partial charge in [-0.05, 0) is 17.5 Å². The molecule has 0 aromatic heterocycles. The van der Waals surface area contributed by atoms with Crippen LogP contribution in [0.1, 0.15) is 30.4 Å². The number of hydrogen-bond acceptors (Lipinski definition) is 4. The second-order valence-corrected chi connectivity index (χ2v) is 3.99. The summed E-state index contributed by atoms with van der Waals surface area (Å²) in [5, 5.41) is 10.8. The van der Waals surface area contributed by atoms with E-state index in [1.165, 1.54) is 11.1 Å². The lowest BCUT2D eigenvalue weighted by atomic mass is 9.89. The summed E-state index contributed by atoms with van der Waals surface area (Å²) in [5.41, 5.74) is 2.82. The van der Waals surface area contributed by atoms with Crippen LogP contribution in [0.25, 0.3) is 0 Å². The Morgan fingerprint density at radius 3 is 1.33 bits per heavy atom. The number of carbonyl (C=O) groups excluding carboxylic acids is 2. The molecular weight excluding hydrogens is 264 g/mol. The Morgan fingerprint density at radius 1 is 0.810 bits per heavy atom. The third kappa shape index (κ3) is 7.38. The fourth-order valence-electron chi connectivity index (χ4n) is 2.03. The highest BCUT2D eigenvalue weighted by Gasteiger charge is 2.10. The van der Waals surface area contributed by atoms with Gasteiger partial charge in [0.1, 0.15) is 0 Å². The molecule has 21 heavy (non-hydrogen) atoms. The Bertz CT molecular complexity index is 504. The Morgan fingerprint density at radius 2 is 1.10 bits per heavy atom. The summed E-state index contributed by atoms with van der Waals surface area (Å²) in [7, 11) is 0. The van der Waals surface area contributed by atoms with E-state index >= 15 is 0 Å². The third-order valence-corrected chi connectivity index (χ3v) is 2.81. The van der Waals surface area contributed by atoms with Crippen LogP contribution in [0.4, 0.5) is 0 Å². The zero-order chi connectivity index (χ0) is 15.9. The molecule has 0 amide bonds. The minimum absolute atomic E-state index is 0.535. The quantitative estimate of drug-likeness (QED) is 0.658. The van der Waals surface area contributed by atoms with E-state index < -0.39 is 0 Å². The third-order valence-electron chi connectivity index (χ3n) is 2.81. The van der Waals surface area contributed by atoms with E-state index in [4.69, 9.17) is 20.4 Å². The van der Waals surface area contributed by atoms with Crippen molar-refractivity contribution < 1.29 is 9.59 Å². The second-order valence-electron chi connectivity index (χ2n) is 3.99. The van der Waals surface area contributed by atoms with Crippen LogP contribution in [0.2, 0.25) is 0 Å². The minimum Gasteiger partial charge on any atom is -0.222 e. The summed E-state index contributed by atoms with van der Waals surface area (Å²) in [6.45, 7) is 2.24. The first kappa shape index (κ1) is 18.2. The smallest absolute Gasteiger partial charge is 0.222 e. The summed E-state index contributed by atoms with van der Waals surface area (Å²) in [6.07, 6.45) is 2.65. The number of hydrogen-bond donors (Lipinski definition) is 2. The normalized spacial score (nSPS) is 8.29. The molecule has 108 valence electrons. The van der Waals surface area contributed by atoms with E-state index in [2.05, 4.69) is 67.6 Å². The Balaban J connectivity index is 0.000000578. The van der Waals surface area contributed by atoms with Crippen molar-refractivity contribution in [3.8, 4) is 0 Å². The SMILES string of the molecule is CCC(c1ccccc1)c1ccccc1.N=C=O.N=C=O. The lowest BCUT2D eigenvalue weighted by Gasteiger charge is -2.15. The van der Waals surface area contributed by atoms with Crippen LogP contribution in [-0.2, 0) is 9.59 Å². The molecule has 0 radical (unpaired) electrons. The summed E-state index contributed by atoms with van der Waals surface area (Å²) in [5.74, 6) is 0.535. The predicted molar refractivity (Wildman–Crippen MR) is 81.8 cm³/mol. The molecule has 0 aliphatic carbocycles. The fraction of sp³-hybridized carbons (Fsp3) is 0.176.